The molecule has 4 rings (SSSR count). The standard InChI is InChI=1S/C16H16N4O4/c21-16(20-3-5-22-6-4-20)12-8-15(18-9-17-12)19-11-1-2-13-14(7-11)24-10-23-13/h1-2,7-9H,3-6,10H2,(H,17,18,19). The fraction of sp³-hybridized carbons (Fsp3) is 0.312. The molecule has 2 aliphatic heterocycles. The molecule has 0 unspecified atom stereocenters. The van der Waals surface area contributed by atoms with E-state index in [-0.39, 0.29) is 12.7 Å². The van der Waals surface area contributed by atoms with Crippen molar-refractivity contribution in [2.45, 2.75) is 0 Å². The van der Waals surface area contributed by atoms with E-state index in [0.29, 0.717) is 49.3 Å². The number of hydrogen-bond acceptors (Lipinski definition) is 7. The molecular formula is C16H16N4O4. The Kier molecular flexibility index (Phi) is 3.87. The van der Waals surface area contributed by atoms with Gasteiger partial charge in [0.2, 0.25) is 6.79 Å². The van der Waals surface area contributed by atoms with Crippen LogP contribution in [0.15, 0.2) is 30.6 Å². The average molecular weight is 328 g/mol. The van der Waals surface area contributed by atoms with Gasteiger partial charge in [-0.3, -0.25) is 4.79 Å². The molecule has 0 saturated carbocycles. The van der Waals surface area contributed by atoms with E-state index in [9.17, 15) is 4.79 Å². The zero-order valence-corrected chi connectivity index (χ0v) is 12.9. The summed E-state index contributed by atoms with van der Waals surface area (Å²) in [5.41, 5.74) is 1.15. The van der Waals surface area contributed by atoms with Crippen LogP contribution in [0, 0.1) is 0 Å². The van der Waals surface area contributed by atoms with E-state index in [1.54, 1.807) is 11.0 Å². The normalized spacial score (nSPS) is 16.1. The van der Waals surface area contributed by atoms with Gasteiger partial charge in [-0.05, 0) is 12.1 Å². The van der Waals surface area contributed by atoms with Crippen LogP contribution in [0.5, 0.6) is 11.5 Å². The fourth-order valence-electron chi connectivity index (χ4n) is 2.59. The Balaban J connectivity index is 1.51. The van der Waals surface area contributed by atoms with Crippen molar-refractivity contribution < 1.29 is 19.0 Å². The molecule has 124 valence electrons. The van der Waals surface area contributed by atoms with E-state index in [1.165, 1.54) is 6.33 Å². The smallest absolute Gasteiger partial charge is 0.272 e. The minimum Gasteiger partial charge on any atom is -0.454 e. The van der Waals surface area contributed by atoms with Crippen LogP contribution in [-0.4, -0.2) is 53.9 Å². The number of nitrogens with one attached hydrogen (secondary N) is 1. The molecule has 8 nitrogen and oxygen atoms in total. The van der Waals surface area contributed by atoms with Gasteiger partial charge in [0.15, 0.2) is 11.5 Å². The van der Waals surface area contributed by atoms with Crippen molar-refractivity contribution in [2.24, 2.45) is 0 Å². The van der Waals surface area contributed by atoms with Crippen molar-refractivity contribution in [3.05, 3.63) is 36.3 Å². The Labute approximate surface area is 138 Å². The van der Waals surface area contributed by atoms with Gasteiger partial charge in [-0.1, -0.05) is 0 Å². The molecule has 24 heavy (non-hydrogen) atoms. The van der Waals surface area contributed by atoms with Crippen molar-refractivity contribution in [3.63, 3.8) is 0 Å². The van der Waals surface area contributed by atoms with E-state index >= 15 is 0 Å². The van der Waals surface area contributed by atoms with Crippen LogP contribution < -0.4 is 14.8 Å². The van der Waals surface area contributed by atoms with Gasteiger partial charge in [-0.2, -0.15) is 0 Å². The highest BCUT2D eigenvalue weighted by atomic mass is 16.7. The maximum absolute atomic E-state index is 12.5. The van der Waals surface area contributed by atoms with Gasteiger partial charge in [-0.15, -0.1) is 0 Å². The first kappa shape index (κ1) is 14.7. The fourth-order valence-corrected chi connectivity index (χ4v) is 2.59. The summed E-state index contributed by atoms with van der Waals surface area (Å²) >= 11 is 0. The SMILES string of the molecule is O=C(c1cc(Nc2ccc3c(c2)OCO3)ncn1)N1CCOCC1. The van der Waals surface area contributed by atoms with E-state index in [1.807, 2.05) is 18.2 Å². The summed E-state index contributed by atoms with van der Waals surface area (Å²) in [4.78, 5) is 22.5. The Morgan fingerprint density at radius 2 is 1.92 bits per heavy atom. The first-order valence-electron chi connectivity index (χ1n) is 7.65. The third-order valence-corrected chi connectivity index (χ3v) is 3.83. The van der Waals surface area contributed by atoms with E-state index in [4.69, 9.17) is 14.2 Å². The second-order valence-electron chi connectivity index (χ2n) is 5.39. The van der Waals surface area contributed by atoms with Gasteiger partial charge >= 0.3 is 0 Å². The predicted octanol–water partition coefficient (Wildman–Crippen LogP) is 1.42. The van der Waals surface area contributed by atoms with Crippen LogP contribution in [0.1, 0.15) is 10.5 Å². The van der Waals surface area contributed by atoms with Crippen molar-refractivity contribution in [1.82, 2.24) is 14.9 Å². The first-order chi connectivity index (χ1) is 11.8. The highest BCUT2D eigenvalue weighted by molar-refractivity contribution is 5.93. The number of carbonyl (C=O) groups is 1. The molecule has 0 bridgehead atoms. The molecule has 0 spiro atoms. The molecule has 0 aliphatic carbocycles. The van der Waals surface area contributed by atoms with E-state index < -0.39 is 0 Å². The largest absolute Gasteiger partial charge is 0.454 e. The van der Waals surface area contributed by atoms with E-state index in [2.05, 4.69) is 15.3 Å². The Bertz CT molecular complexity index is 761. The quantitative estimate of drug-likeness (QED) is 0.912. The molecular weight excluding hydrogens is 312 g/mol. The number of aromatic nitrogens is 2. The maximum Gasteiger partial charge on any atom is 0.272 e. The molecule has 1 N–H and O–H groups in total. The highest BCUT2D eigenvalue weighted by Gasteiger charge is 2.20. The Morgan fingerprint density at radius 1 is 1.08 bits per heavy atom. The van der Waals surface area contributed by atoms with Crippen molar-refractivity contribution >= 4 is 17.4 Å². The second-order valence-corrected chi connectivity index (χ2v) is 5.39. The zero-order valence-electron chi connectivity index (χ0n) is 12.9. The topological polar surface area (TPSA) is 85.8 Å². The molecule has 1 amide bonds. The lowest BCUT2D eigenvalue weighted by Gasteiger charge is -2.26. The maximum atomic E-state index is 12.5. The first-order valence-corrected chi connectivity index (χ1v) is 7.65. The number of hydrogen-bond donors (Lipinski definition) is 1. The van der Waals surface area contributed by atoms with Crippen LogP contribution in [-0.2, 0) is 4.74 Å². The molecule has 0 atom stereocenters. The van der Waals surface area contributed by atoms with E-state index in [0.717, 1.165) is 5.69 Å². The number of benzene rings is 1. The van der Waals surface area contributed by atoms with Crippen LogP contribution in [0.25, 0.3) is 0 Å². The number of carbonyl (C=O) groups excluding carboxylic acids is 1. The molecule has 8 heteroatoms. The number of anilines is 2. The highest BCUT2D eigenvalue weighted by Crippen LogP contribution is 2.34. The number of nitrogens with zero attached hydrogens (tertiary/aromatic N) is 3. The summed E-state index contributed by atoms with van der Waals surface area (Å²) in [6.45, 7) is 2.49. The van der Waals surface area contributed by atoms with Gasteiger partial charge in [-0.25, -0.2) is 9.97 Å². The lowest BCUT2D eigenvalue weighted by Crippen LogP contribution is -2.41. The van der Waals surface area contributed by atoms with Crippen molar-refractivity contribution in [3.8, 4) is 11.5 Å². The Morgan fingerprint density at radius 3 is 2.79 bits per heavy atom. The molecule has 2 aliphatic rings. The van der Waals surface area contributed by atoms with Crippen molar-refractivity contribution in [2.75, 3.05) is 38.4 Å². The van der Waals surface area contributed by atoms with Gasteiger partial charge in [0.25, 0.3) is 5.91 Å². The predicted molar refractivity (Wildman–Crippen MR) is 84.6 cm³/mol. The number of amides is 1. The summed E-state index contributed by atoms with van der Waals surface area (Å²) in [5.74, 6) is 1.82. The summed E-state index contributed by atoms with van der Waals surface area (Å²) in [7, 11) is 0. The summed E-state index contributed by atoms with van der Waals surface area (Å²) < 4.78 is 15.9. The third kappa shape index (κ3) is 2.95. The molecule has 3 heterocycles. The summed E-state index contributed by atoms with van der Waals surface area (Å²) in [6, 6.07) is 7.15. The van der Waals surface area contributed by atoms with Crippen LogP contribution in [0.4, 0.5) is 11.5 Å². The molecule has 1 saturated heterocycles. The van der Waals surface area contributed by atoms with Crippen molar-refractivity contribution in [1.29, 1.82) is 0 Å². The van der Waals surface area contributed by atoms with Crippen LogP contribution in [0.2, 0.25) is 0 Å². The lowest BCUT2D eigenvalue weighted by atomic mass is 10.2. The summed E-state index contributed by atoms with van der Waals surface area (Å²) in [5, 5.41) is 3.15. The van der Waals surface area contributed by atoms with Gasteiger partial charge in [0.05, 0.1) is 13.2 Å². The number of ether oxygens (including phenoxy) is 3. The summed E-state index contributed by atoms with van der Waals surface area (Å²) in [6.07, 6.45) is 1.38. The number of morpholine rings is 1. The lowest BCUT2D eigenvalue weighted by molar-refractivity contribution is 0.0299. The number of rotatable bonds is 3. The van der Waals surface area contributed by atoms with Crippen LogP contribution >= 0.6 is 0 Å². The Hall–Kier alpha value is -2.87. The second kappa shape index (κ2) is 6.32. The minimum absolute atomic E-state index is 0.116. The average Bonchev–Trinajstić information content (AvgIpc) is 3.10. The van der Waals surface area contributed by atoms with Gasteiger partial charge in [0.1, 0.15) is 17.8 Å². The molecule has 0 radical (unpaired) electrons. The number of fused-ring (bicyclic) bond motifs is 1. The van der Waals surface area contributed by atoms with Gasteiger partial charge in [0, 0.05) is 30.9 Å². The zero-order chi connectivity index (χ0) is 16.4. The van der Waals surface area contributed by atoms with Crippen LogP contribution in [0.3, 0.4) is 0 Å². The van der Waals surface area contributed by atoms with Gasteiger partial charge < -0.3 is 24.4 Å². The molecule has 1 aromatic heterocycles. The molecule has 1 aromatic carbocycles. The minimum atomic E-state index is -0.116. The molecule has 2 aromatic rings. The monoisotopic (exact) mass is 328 g/mol. The molecule has 1 fully saturated rings. The third-order valence-electron chi connectivity index (χ3n) is 3.83.